The van der Waals surface area contributed by atoms with E-state index >= 15 is 0 Å². The van der Waals surface area contributed by atoms with Gasteiger partial charge in [-0.25, -0.2) is 0 Å². The lowest BCUT2D eigenvalue weighted by molar-refractivity contribution is -0.129. The summed E-state index contributed by atoms with van der Waals surface area (Å²) in [6.45, 7) is 7.13. The first-order valence-electron chi connectivity index (χ1n) is 6.59. The van der Waals surface area contributed by atoms with Crippen LogP contribution in [0.1, 0.15) is 59.3 Å². The largest absolute Gasteiger partial charge is 0.355 e. The molecule has 0 aromatic carbocycles. The molecule has 1 aliphatic rings. The van der Waals surface area contributed by atoms with Crippen LogP contribution < -0.4 is 5.32 Å². The lowest BCUT2D eigenvalue weighted by atomic mass is 9.74. The van der Waals surface area contributed by atoms with E-state index in [1.54, 1.807) is 0 Å². The van der Waals surface area contributed by atoms with Gasteiger partial charge in [-0.3, -0.25) is 4.79 Å². The maximum absolute atomic E-state index is 12.1. The van der Waals surface area contributed by atoms with Crippen molar-refractivity contribution in [2.75, 3.05) is 6.54 Å². The van der Waals surface area contributed by atoms with Crippen LogP contribution in [-0.4, -0.2) is 12.5 Å². The van der Waals surface area contributed by atoms with Crippen LogP contribution in [0.3, 0.4) is 0 Å². The van der Waals surface area contributed by atoms with E-state index in [4.69, 9.17) is 0 Å². The molecule has 0 radical (unpaired) electrons. The summed E-state index contributed by atoms with van der Waals surface area (Å²) in [6.07, 6.45) is 5.55. The molecule has 1 N–H and O–H groups in total. The number of hydrogen-bond acceptors (Lipinski definition) is 2. The summed E-state index contributed by atoms with van der Waals surface area (Å²) in [4.78, 5) is 12.1. The summed E-state index contributed by atoms with van der Waals surface area (Å²) in [5.41, 5.74) is -0.518. The molecular weight excluding hydrogens is 212 g/mol. The SMILES string of the molecule is CC(C)(C)CCNC(=O)C1(C#N)CCCCC1. The molecule has 0 aromatic heterocycles. The number of nitriles is 1. The van der Waals surface area contributed by atoms with Gasteiger partial charge in [-0.1, -0.05) is 40.0 Å². The van der Waals surface area contributed by atoms with Crippen molar-refractivity contribution in [3.05, 3.63) is 0 Å². The summed E-state index contributed by atoms with van der Waals surface area (Å²) >= 11 is 0. The highest BCUT2D eigenvalue weighted by Crippen LogP contribution is 2.35. The van der Waals surface area contributed by atoms with Crippen molar-refractivity contribution in [2.45, 2.75) is 59.3 Å². The van der Waals surface area contributed by atoms with Gasteiger partial charge in [0.1, 0.15) is 5.41 Å². The maximum Gasteiger partial charge on any atom is 0.240 e. The van der Waals surface area contributed by atoms with Crippen LogP contribution in [0, 0.1) is 22.2 Å². The lowest BCUT2D eigenvalue weighted by Crippen LogP contribution is -2.42. The molecule has 3 nitrogen and oxygen atoms in total. The second-order valence-corrected chi connectivity index (χ2v) is 6.32. The standard InChI is InChI=1S/C14H24N2O/c1-13(2,3)9-10-16-12(17)14(11-15)7-5-4-6-8-14/h4-10H2,1-3H3,(H,16,17). The molecule has 1 aliphatic carbocycles. The van der Waals surface area contributed by atoms with Gasteiger partial charge in [0.15, 0.2) is 0 Å². The second kappa shape index (κ2) is 5.53. The van der Waals surface area contributed by atoms with Gasteiger partial charge < -0.3 is 5.32 Å². The molecular formula is C14H24N2O. The van der Waals surface area contributed by atoms with Crippen molar-refractivity contribution >= 4 is 5.91 Å². The van der Waals surface area contributed by atoms with E-state index in [0.717, 1.165) is 38.5 Å². The molecule has 0 heterocycles. The van der Waals surface area contributed by atoms with Crippen molar-refractivity contribution in [2.24, 2.45) is 10.8 Å². The molecule has 1 rings (SSSR count). The fraction of sp³-hybridized carbons (Fsp3) is 0.857. The Bertz CT molecular complexity index is 303. The van der Waals surface area contributed by atoms with E-state index in [-0.39, 0.29) is 11.3 Å². The van der Waals surface area contributed by atoms with E-state index in [2.05, 4.69) is 32.2 Å². The zero-order valence-corrected chi connectivity index (χ0v) is 11.3. The Labute approximate surface area is 105 Å². The molecule has 3 heteroatoms. The molecule has 96 valence electrons. The van der Waals surface area contributed by atoms with Crippen LogP contribution in [0.2, 0.25) is 0 Å². The molecule has 1 saturated carbocycles. The van der Waals surface area contributed by atoms with Gasteiger partial charge in [0, 0.05) is 6.54 Å². The van der Waals surface area contributed by atoms with E-state index in [9.17, 15) is 10.1 Å². The third-order valence-corrected chi connectivity index (χ3v) is 3.52. The Kier molecular flexibility index (Phi) is 4.56. The monoisotopic (exact) mass is 236 g/mol. The number of amides is 1. The molecule has 0 bridgehead atoms. The topological polar surface area (TPSA) is 52.9 Å². The third-order valence-electron chi connectivity index (χ3n) is 3.52. The first-order chi connectivity index (χ1) is 7.90. The maximum atomic E-state index is 12.1. The Balaban J connectivity index is 2.48. The van der Waals surface area contributed by atoms with Crippen LogP contribution in [0.25, 0.3) is 0 Å². The van der Waals surface area contributed by atoms with Gasteiger partial charge in [0.05, 0.1) is 6.07 Å². The van der Waals surface area contributed by atoms with Gasteiger partial charge in [-0.2, -0.15) is 5.26 Å². The Hall–Kier alpha value is -1.04. The summed E-state index contributed by atoms with van der Waals surface area (Å²) < 4.78 is 0. The Morgan fingerprint density at radius 1 is 1.29 bits per heavy atom. The first-order valence-corrected chi connectivity index (χ1v) is 6.59. The number of nitrogens with one attached hydrogen (secondary N) is 1. The molecule has 1 fully saturated rings. The highest BCUT2D eigenvalue weighted by Gasteiger charge is 2.39. The normalized spacial score (nSPS) is 19.4. The predicted octanol–water partition coefficient (Wildman–Crippen LogP) is 3.01. The van der Waals surface area contributed by atoms with E-state index < -0.39 is 5.41 Å². The van der Waals surface area contributed by atoms with Crippen LogP contribution in [0.4, 0.5) is 0 Å². The molecule has 1 amide bonds. The molecule has 0 spiro atoms. The summed E-state index contributed by atoms with van der Waals surface area (Å²) in [5.74, 6) is -0.0519. The second-order valence-electron chi connectivity index (χ2n) is 6.32. The van der Waals surface area contributed by atoms with Crippen LogP contribution in [0.5, 0.6) is 0 Å². The average Bonchev–Trinajstić information content (AvgIpc) is 2.28. The minimum absolute atomic E-state index is 0.0519. The van der Waals surface area contributed by atoms with Gasteiger partial charge in [0.25, 0.3) is 0 Å². The lowest BCUT2D eigenvalue weighted by Gasteiger charge is -2.29. The summed E-state index contributed by atoms with van der Waals surface area (Å²) in [7, 11) is 0. The van der Waals surface area contributed by atoms with Crippen molar-refractivity contribution < 1.29 is 4.79 Å². The van der Waals surface area contributed by atoms with Crippen LogP contribution >= 0.6 is 0 Å². The van der Waals surface area contributed by atoms with Gasteiger partial charge in [-0.05, 0) is 24.7 Å². The minimum Gasteiger partial charge on any atom is -0.355 e. The fourth-order valence-electron chi connectivity index (χ4n) is 2.27. The van der Waals surface area contributed by atoms with E-state index in [1.165, 1.54) is 0 Å². The van der Waals surface area contributed by atoms with Crippen LogP contribution in [-0.2, 0) is 4.79 Å². The minimum atomic E-state index is -0.740. The smallest absolute Gasteiger partial charge is 0.240 e. The van der Waals surface area contributed by atoms with Crippen LogP contribution in [0.15, 0.2) is 0 Å². The van der Waals surface area contributed by atoms with E-state index in [0.29, 0.717) is 6.54 Å². The fourth-order valence-corrected chi connectivity index (χ4v) is 2.27. The van der Waals surface area contributed by atoms with Crippen molar-refractivity contribution in [3.8, 4) is 6.07 Å². The zero-order chi connectivity index (χ0) is 12.9. The molecule has 0 aromatic rings. The number of hydrogen-bond donors (Lipinski definition) is 1. The summed E-state index contributed by atoms with van der Waals surface area (Å²) in [5, 5.41) is 12.2. The summed E-state index contributed by atoms with van der Waals surface area (Å²) in [6, 6.07) is 2.25. The Morgan fingerprint density at radius 2 is 1.88 bits per heavy atom. The quantitative estimate of drug-likeness (QED) is 0.819. The molecule has 17 heavy (non-hydrogen) atoms. The van der Waals surface area contributed by atoms with Gasteiger partial charge in [0.2, 0.25) is 5.91 Å². The zero-order valence-electron chi connectivity index (χ0n) is 11.3. The first kappa shape index (κ1) is 14.0. The van der Waals surface area contributed by atoms with Gasteiger partial charge in [-0.15, -0.1) is 0 Å². The number of nitrogens with zero attached hydrogens (tertiary/aromatic N) is 1. The van der Waals surface area contributed by atoms with Crippen molar-refractivity contribution in [1.29, 1.82) is 5.26 Å². The predicted molar refractivity (Wildman–Crippen MR) is 68.2 cm³/mol. The molecule has 0 aliphatic heterocycles. The molecule has 0 saturated heterocycles. The van der Waals surface area contributed by atoms with E-state index in [1.807, 2.05) is 0 Å². The average molecular weight is 236 g/mol. The molecule has 0 atom stereocenters. The number of rotatable bonds is 3. The Morgan fingerprint density at radius 3 is 2.35 bits per heavy atom. The molecule has 0 unspecified atom stereocenters. The van der Waals surface area contributed by atoms with Crippen molar-refractivity contribution in [3.63, 3.8) is 0 Å². The van der Waals surface area contributed by atoms with Gasteiger partial charge >= 0.3 is 0 Å². The van der Waals surface area contributed by atoms with Crippen molar-refractivity contribution in [1.82, 2.24) is 5.32 Å². The highest BCUT2D eigenvalue weighted by atomic mass is 16.2. The number of carbonyl (C=O) groups excluding carboxylic acids is 1. The third kappa shape index (κ3) is 4.03. The number of carbonyl (C=O) groups is 1. The highest BCUT2D eigenvalue weighted by molar-refractivity contribution is 5.85.